The van der Waals surface area contributed by atoms with Crippen molar-refractivity contribution in [2.45, 2.75) is 49.6 Å². The zero-order valence-electron chi connectivity index (χ0n) is 16.4. The highest BCUT2D eigenvalue weighted by Gasteiger charge is 2.41. The van der Waals surface area contributed by atoms with E-state index >= 15 is 0 Å². The van der Waals surface area contributed by atoms with Gasteiger partial charge in [-0.2, -0.15) is 0 Å². The van der Waals surface area contributed by atoms with Crippen LogP contribution in [-0.4, -0.2) is 57.1 Å². The molecule has 29 heavy (non-hydrogen) atoms. The number of benzene rings is 1. The molecule has 1 aromatic rings. The minimum Gasteiger partial charge on any atom is -0.447 e. The van der Waals surface area contributed by atoms with Crippen molar-refractivity contribution in [3.63, 3.8) is 0 Å². The number of ether oxygens (including phenoxy) is 1. The van der Waals surface area contributed by atoms with Gasteiger partial charge < -0.3 is 9.84 Å². The average molecular weight is 500 g/mol. The highest BCUT2D eigenvalue weighted by Crippen LogP contribution is 2.38. The average Bonchev–Trinajstić information content (AvgIpc) is 3.11. The van der Waals surface area contributed by atoms with E-state index < -0.39 is 22.9 Å². The van der Waals surface area contributed by atoms with Crippen molar-refractivity contribution in [3.8, 4) is 0 Å². The number of aliphatic hydroxyl groups excluding tert-OH is 1. The Morgan fingerprint density at radius 3 is 2.69 bits per heavy atom. The smallest absolute Gasteiger partial charge is 0.417 e. The van der Waals surface area contributed by atoms with Crippen LogP contribution in [0.5, 0.6) is 0 Å². The van der Waals surface area contributed by atoms with Crippen LogP contribution in [0.4, 0.5) is 4.79 Å². The minimum absolute atomic E-state index is 0.176. The van der Waals surface area contributed by atoms with Gasteiger partial charge in [0, 0.05) is 4.24 Å². The van der Waals surface area contributed by atoms with Gasteiger partial charge >= 0.3 is 6.09 Å². The Kier molecular flexibility index (Phi) is 8.53. The number of cyclic esters (lactones) is 1. The molecule has 0 radical (unpaired) electrons. The molecule has 2 aliphatic rings. The fourth-order valence-electron chi connectivity index (χ4n) is 3.35. The molecule has 0 bridgehead atoms. The Morgan fingerprint density at radius 1 is 1.31 bits per heavy atom. The maximum absolute atomic E-state index is 12.9. The van der Waals surface area contributed by atoms with E-state index in [2.05, 4.69) is 22.9 Å². The number of amides is 2. The van der Waals surface area contributed by atoms with Crippen molar-refractivity contribution in [2.75, 3.05) is 18.1 Å². The Balaban J connectivity index is 1.59. The number of allylic oxidation sites excluding steroid dienone is 1. The first kappa shape index (κ1) is 22.7. The molecule has 158 valence electrons. The standard InChI is InChI=1S/C21H26BrNO4S2/c1-14(20-28-10-5-11-29-20)8-9-17(24)18(22)19(25)23-16(13-27-21(23)26)12-15-6-3-2-4-7-15/h2-4,6-7,16-18,24H,5,8-13H2,1H3/t16-,17+,18-/m1/s1. The Labute approximate surface area is 188 Å². The second-order valence-corrected chi connectivity index (χ2v) is 10.7. The molecule has 1 aromatic carbocycles. The first-order valence-electron chi connectivity index (χ1n) is 9.78. The van der Waals surface area contributed by atoms with Crippen LogP contribution in [0.1, 0.15) is 31.7 Å². The number of hydrogen-bond donors (Lipinski definition) is 1. The van der Waals surface area contributed by atoms with E-state index in [9.17, 15) is 14.7 Å². The van der Waals surface area contributed by atoms with Gasteiger partial charge in [0.05, 0.1) is 12.1 Å². The zero-order valence-corrected chi connectivity index (χ0v) is 19.6. The van der Waals surface area contributed by atoms with Crippen molar-refractivity contribution >= 4 is 51.5 Å². The Morgan fingerprint density at radius 2 is 2.00 bits per heavy atom. The SMILES string of the molecule is CC(CC[C@H](O)[C@@H](Br)C(=O)N1C(=O)OC[C@H]1Cc1ccccc1)=C1SCCCS1. The van der Waals surface area contributed by atoms with E-state index in [4.69, 9.17) is 4.74 Å². The quantitative estimate of drug-likeness (QED) is 0.553. The number of thioether (sulfide) groups is 2. The number of nitrogens with zero attached hydrogens (tertiary/aromatic N) is 1. The van der Waals surface area contributed by atoms with Crippen LogP contribution in [0.3, 0.4) is 0 Å². The maximum atomic E-state index is 12.9. The molecule has 2 heterocycles. The number of alkyl halides is 1. The van der Waals surface area contributed by atoms with Gasteiger partial charge in [0.1, 0.15) is 11.4 Å². The fourth-order valence-corrected chi connectivity index (χ4v) is 6.50. The minimum atomic E-state index is -0.873. The van der Waals surface area contributed by atoms with Crippen LogP contribution in [0.15, 0.2) is 40.1 Å². The summed E-state index contributed by atoms with van der Waals surface area (Å²) in [6, 6.07) is 9.34. The third kappa shape index (κ3) is 6.03. The highest BCUT2D eigenvalue weighted by atomic mass is 79.9. The van der Waals surface area contributed by atoms with E-state index in [0.717, 1.165) is 28.4 Å². The van der Waals surface area contributed by atoms with Gasteiger partial charge in [-0.15, -0.1) is 23.5 Å². The van der Waals surface area contributed by atoms with Crippen LogP contribution in [-0.2, 0) is 16.0 Å². The molecule has 2 saturated heterocycles. The summed E-state index contributed by atoms with van der Waals surface area (Å²) in [5.74, 6) is 1.84. The molecule has 3 rings (SSSR count). The van der Waals surface area contributed by atoms with E-state index in [1.165, 1.54) is 16.2 Å². The van der Waals surface area contributed by atoms with Gasteiger partial charge in [-0.05, 0) is 49.7 Å². The molecular formula is C21H26BrNO4S2. The number of carbonyl (C=O) groups is 2. The summed E-state index contributed by atoms with van der Waals surface area (Å²) in [5, 5.41) is 10.6. The summed E-state index contributed by atoms with van der Waals surface area (Å²) in [4.78, 5) is 25.4. The molecule has 0 saturated carbocycles. The summed E-state index contributed by atoms with van der Waals surface area (Å²) in [6.45, 7) is 2.26. The lowest BCUT2D eigenvalue weighted by molar-refractivity contribution is -0.130. The largest absolute Gasteiger partial charge is 0.447 e. The Bertz CT molecular complexity index is 750. The molecule has 0 spiro atoms. The van der Waals surface area contributed by atoms with E-state index in [-0.39, 0.29) is 12.6 Å². The van der Waals surface area contributed by atoms with Crippen LogP contribution in [0.2, 0.25) is 0 Å². The lowest BCUT2D eigenvalue weighted by Crippen LogP contribution is -2.47. The van der Waals surface area contributed by atoms with E-state index in [0.29, 0.717) is 12.8 Å². The van der Waals surface area contributed by atoms with Gasteiger partial charge in [0.15, 0.2) is 0 Å². The van der Waals surface area contributed by atoms with Crippen LogP contribution in [0, 0.1) is 0 Å². The van der Waals surface area contributed by atoms with Gasteiger partial charge in [-0.1, -0.05) is 51.8 Å². The summed E-state index contributed by atoms with van der Waals surface area (Å²) >= 11 is 7.07. The number of carbonyl (C=O) groups excluding carboxylic acids is 2. The van der Waals surface area contributed by atoms with Crippen molar-refractivity contribution in [1.82, 2.24) is 4.90 Å². The lowest BCUT2D eigenvalue weighted by atomic mass is 10.0. The molecule has 0 aliphatic carbocycles. The van der Waals surface area contributed by atoms with Crippen molar-refractivity contribution in [2.24, 2.45) is 0 Å². The van der Waals surface area contributed by atoms with Crippen LogP contribution >= 0.6 is 39.5 Å². The number of imide groups is 1. The van der Waals surface area contributed by atoms with Gasteiger partial charge in [0.2, 0.25) is 5.91 Å². The third-order valence-corrected chi connectivity index (χ3v) is 8.92. The molecular weight excluding hydrogens is 474 g/mol. The van der Waals surface area contributed by atoms with Gasteiger partial charge in [-0.3, -0.25) is 4.79 Å². The molecule has 0 aromatic heterocycles. The van der Waals surface area contributed by atoms with Gasteiger partial charge in [0.25, 0.3) is 0 Å². The zero-order chi connectivity index (χ0) is 20.8. The number of aliphatic hydroxyl groups is 1. The molecule has 8 heteroatoms. The third-order valence-electron chi connectivity index (χ3n) is 5.00. The molecule has 2 fully saturated rings. The monoisotopic (exact) mass is 499 g/mol. The fraction of sp³-hybridized carbons (Fsp3) is 0.524. The first-order valence-corrected chi connectivity index (χ1v) is 12.7. The summed E-state index contributed by atoms with van der Waals surface area (Å²) in [6.07, 6.45) is 1.44. The first-order chi connectivity index (χ1) is 14.0. The molecule has 2 amide bonds. The molecule has 3 atom stereocenters. The predicted octanol–water partition coefficient (Wildman–Crippen LogP) is 4.58. The Hall–Kier alpha value is -0.960. The maximum Gasteiger partial charge on any atom is 0.417 e. The second-order valence-electron chi connectivity index (χ2n) is 7.25. The molecule has 2 aliphatic heterocycles. The summed E-state index contributed by atoms with van der Waals surface area (Å²) in [7, 11) is 0. The number of halogens is 1. The van der Waals surface area contributed by atoms with Gasteiger partial charge in [-0.25, -0.2) is 9.69 Å². The van der Waals surface area contributed by atoms with Crippen LogP contribution < -0.4 is 0 Å². The van der Waals surface area contributed by atoms with Crippen molar-refractivity contribution < 1.29 is 19.4 Å². The number of rotatable bonds is 7. The number of hydrogen-bond acceptors (Lipinski definition) is 6. The van der Waals surface area contributed by atoms with Crippen molar-refractivity contribution in [1.29, 1.82) is 0 Å². The van der Waals surface area contributed by atoms with E-state index in [1.54, 1.807) is 0 Å². The normalized spacial score (nSPS) is 21.6. The van der Waals surface area contributed by atoms with E-state index in [1.807, 2.05) is 53.9 Å². The highest BCUT2D eigenvalue weighted by molar-refractivity contribution is 9.10. The lowest BCUT2D eigenvalue weighted by Gasteiger charge is -2.25. The topological polar surface area (TPSA) is 66.8 Å². The summed E-state index contributed by atoms with van der Waals surface area (Å²) < 4.78 is 6.47. The van der Waals surface area contributed by atoms with Crippen LogP contribution in [0.25, 0.3) is 0 Å². The van der Waals surface area contributed by atoms with Crippen molar-refractivity contribution in [3.05, 3.63) is 45.7 Å². The second kappa shape index (κ2) is 10.9. The molecule has 1 N–H and O–H groups in total. The molecule has 5 nitrogen and oxygen atoms in total. The summed E-state index contributed by atoms with van der Waals surface area (Å²) in [5.41, 5.74) is 2.29. The predicted molar refractivity (Wildman–Crippen MR) is 122 cm³/mol. The molecule has 0 unspecified atom stereocenters.